The zero-order valence-corrected chi connectivity index (χ0v) is 10.7. The number of hydrogen-bond acceptors (Lipinski definition) is 3. The molecule has 0 radical (unpaired) electrons. The van der Waals surface area contributed by atoms with Gasteiger partial charge in [0.05, 0.1) is 0 Å². The van der Waals surface area contributed by atoms with Crippen LogP contribution in [0.1, 0.15) is 19.3 Å². The van der Waals surface area contributed by atoms with E-state index in [1.807, 2.05) is 30.3 Å². The van der Waals surface area contributed by atoms with Gasteiger partial charge in [-0.25, -0.2) is 0 Å². The lowest BCUT2D eigenvalue weighted by atomic mass is 10.2. The van der Waals surface area contributed by atoms with Crippen molar-refractivity contribution in [1.29, 1.82) is 0 Å². The Morgan fingerprint density at radius 2 is 2.05 bits per heavy atom. The second-order valence-corrected chi connectivity index (χ2v) is 4.54. The van der Waals surface area contributed by atoms with E-state index in [1.165, 1.54) is 0 Å². The van der Waals surface area contributed by atoms with Gasteiger partial charge in [0.15, 0.2) is 0 Å². The molecular formula is C14H18N2O3. The van der Waals surface area contributed by atoms with Crippen LogP contribution in [-0.2, 0) is 14.3 Å². The third kappa shape index (κ3) is 3.54. The highest BCUT2D eigenvalue weighted by Gasteiger charge is 2.29. The van der Waals surface area contributed by atoms with Gasteiger partial charge in [0.1, 0.15) is 6.10 Å². The van der Waals surface area contributed by atoms with Gasteiger partial charge >= 0.3 is 0 Å². The summed E-state index contributed by atoms with van der Waals surface area (Å²) in [6, 6.07) is 9.28. The average Bonchev–Trinajstić information content (AvgIpc) is 2.93. The summed E-state index contributed by atoms with van der Waals surface area (Å²) >= 11 is 0. The Bertz CT molecular complexity index is 441. The molecule has 5 nitrogen and oxygen atoms in total. The Morgan fingerprint density at radius 3 is 2.63 bits per heavy atom. The van der Waals surface area contributed by atoms with Crippen LogP contribution in [0.15, 0.2) is 30.3 Å². The fraction of sp³-hybridized carbons (Fsp3) is 0.429. The first-order valence-corrected chi connectivity index (χ1v) is 6.45. The van der Waals surface area contributed by atoms with Crippen molar-refractivity contribution in [2.75, 3.05) is 18.1 Å². The van der Waals surface area contributed by atoms with Crippen LogP contribution in [0, 0.1) is 0 Å². The van der Waals surface area contributed by atoms with E-state index in [4.69, 9.17) is 10.5 Å². The Balaban J connectivity index is 2.13. The summed E-state index contributed by atoms with van der Waals surface area (Å²) in [6.45, 7) is 0.910. The maximum absolute atomic E-state index is 12.4. The molecule has 0 bridgehead atoms. The van der Waals surface area contributed by atoms with E-state index in [-0.39, 0.29) is 18.9 Å². The molecule has 2 rings (SSSR count). The van der Waals surface area contributed by atoms with Crippen LogP contribution in [0.5, 0.6) is 0 Å². The zero-order valence-electron chi connectivity index (χ0n) is 10.7. The van der Waals surface area contributed by atoms with Gasteiger partial charge in [0.2, 0.25) is 5.91 Å². The Hall–Kier alpha value is -1.88. The van der Waals surface area contributed by atoms with Crippen LogP contribution in [0.2, 0.25) is 0 Å². The van der Waals surface area contributed by atoms with E-state index < -0.39 is 12.0 Å². The number of amides is 2. The second-order valence-electron chi connectivity index (χ2n) is 4.54. The molecule has 1 heterocycles. The number of primary amides is 1. The van der Waals surface area contributed by atoms with Gasteiger partial charge in [-0.2, -0.15) is 0 Å². The van der Waals surface area contributed by atoms with Gasteiger partial charge in [-0.3, -0.25) is 9.59 Å². The summed E-state index contributed by atoms with van der Waals surface area (Å²) in [6.07, 6.45) is 1.38. The number of ether oxygens (including phenoxy) is 1. The van der Waals surface area contributed by atoms with Crippen LogP contribution < -0.4 is 10.6 Å². The Kier molecular flexibility index (Phi) is 4.52. The minimum absolute atomic E-state index is 0.0926. The number of hydrogen-bond donors (Lipinski definition) is 1. The fourth-order valence-corrected chi connectivity index (χ4v) is 2.14. The number of nitrogens with zero attached hydrogens (tertiary/aromatic N) is 1. The molecule has 1 saturated heterocycles. The molecule has 0 aliphatic carbocycles. The SMILES string of the molecule is NC(=O)CCN(C(=O)C1CCCO1)c1ccccc1. The third-order valence-corrected chi connectivity index (χ3v) is 3.12. The van der Waals surface area contributed by atoms with Crippen molar-refractivity contribution >= 4 is 17.5 Å². The average molecular weight is 262 g/mol. The molecule has 1 unspecified atom stereocenters. The maximum atomic E-state index is 12.4. The van der Waals surface area contributed by atoms with E-state index >= 15 is 0 Å². The van der Waals surface area contributed by atoms with Gasteiger partial charge in [-0.05, 0) is 25.0 Å². The Labute approximate surface area is 112 Å². The fourth-order valence-electron chi connectivity index (χ4n) is 2.14. The van der Waals surface area contributed by atoms with Crippen molar-refractivity contribution in [3.63, 3.8) is 0 Å². The standard InChI is InChI=1S/C14H18N2O3/c15-13(17)8-9-16(11-5-2-1-3-6-11)14(18)12-7-4-10-19-12/h1-3,5-6,12H,4,7-10H2,(H2,15,17). The van der Waals surface area contributed by atoms with Crippen LogP contribution in [0.4, 0.5) is 5.69 Å². The van der Waals surface area contributed by atoms with Gasteiger partial charge in [0, 0.05) is 25.3 Å². The number of nitrogens with two attached hydrogens (primary N) is 1. The topological polar surface area (TPSA) is 72.6 Å². The van der Waals surface area contributed by atoms with E-state index in [1.54, 1.807) is 4.90 Å². The highest BCUT2D eigenvalue weighted by atomic mass is 16.5. The molecule has 0 spiro atoms. The van der Waals surface area contributed by atoms with Gasteiger partial charge in [0.25, 0.3) is 5.91 Å². The molecule has 5 heteroatoms. The lowest BCUT2D eigenvalue weighted by molar-refractivity contribution is -0.127. The summed E-state index contributed by atoms with van der Waals surface area (Å²) in [4.78, 5) is 24.9. The maximum Gasteiger partial charge on any atom is 0.256 e. The van der Waals surface area contributed by atoms with Crippen LogP contribution in [0.25, 0.3) is 0 Å². The van der Waals surface area contributed by atoms with Crippen molar-refractivity contribution in [2.24, 2.45) is 5.73 Å². The molecule has 2 amide bonds. The van der Waals surface area contributed by atoms with Gasteiger partial charge < -0.3 is 15.4 Å². The lowest BCUT2D eigenvalue weighted by Crippen LogP contribution is -2.40. The van der Waals surface area contributed by atoms with E-state index in [0.717, 1.165) is 18.5 Å². The summed E-state index contributed by atoms with van der Waals surface area (Å²) in [5.41, 5.74) is 5.93. The second kappa shape index (κ2) is 6.33. The highest BCUT2D eigenvalue weighted by Crippen LogP contribution is 2.20. The van der Waals surface area contributed by atoms with E-state index in [0.29, 0.717) is 6.61 Å². The van der Waals surface area contributed by atoms with Crippen LogP contribution >= 0.6 is 0 Å². The normalized spacial score (nSPS) is 18.2. The number of anilines is 1. The third-order valence-electron chi connectivity index (χ3n) is 3.12. The number of benzene rings is 1. The quantitative estimate of drug-likeness (QED) is 0.862. The van der Waals surface area contributed by atoms with Crippen LogP contribution in [0.3, 0.4) is 0 Å². The molecule has 1 aromatic carbocycles. The van der Waals surface area contributed by atoms with Gasteiger partial charge in [-0.15, -0.1) is 0 Å². The molecule has 1 atom stereocenters. The molecule has 2 N–H and O–H groups in total. The minimum atomic E-state index is -0.416. The first-order valence-electron chi connectivity index (χ1n) is 6.45. The Morgan fingerprint density at radius 1 is 1.32 bits per heavy atom. The molecule has 0 aromatic heterocycles. The van der Waals surface area contributed by atoms with Gasteiger partial charge in [-0.1, -0.05) is 18.2 Å². The summed E-state index contributed by atoms with van der Waals surface area (Å²) in [5.74, 6) is -0.508. The van der Waals surface area contributed by atoms with Crippen molar-refractivity contribution < 1.29 is 14.3 Å². The predicted molar refractivity (Wildman–Crippen MR) is 71.6 cm³/mol. The molecular weight excluding hydrogens is 244 g/mol. The van der Waals surface area contributed by atoms with Crippen molar-refractivity contribution in [3.8, 4) is 0 Å². The number of carbonyl (C=O) groups excluding carboxylic acids is 2. The van der Waals surface area contributed by atoms with Crippen molar-refractivity contribution in [1.82, 2.24) is 0 Å². The predicted octanol–water partition coefficient (Wildman–Crippen LogP) is 1.07. The van der Waals surface area contributed by atoms with Crippen molar-refractivity contribution in [2.45, 2.75) is 25.4 Å². The summed E-state index contributed by atoms with van der Waals surface area (Å²) in [5, 5.41) is 0. The molecule has 19 heavy (non-hydrogen) atoms. The number of para-hydroxylation sites is 1. The van der Waals surface area contributed by atoms with Crippen molar-refractivity contribution in [3.05, 3.63) is 30.3 Å². The monoisotopic (exact) mass is 262 g/mol. The summed E-state index contributed by atoms with van der Waals surface area (Å²) < 4.78 is 5.42. The molecule has 1 aromatic rings. The largest absolute Gasteiger partial charge is 0.370 e. The van der Waals surface area contributed by atoms with E-state index in [9.17, 15) is 9.59 Å². The lowest BCUT2D eigenvalue weighted by Gasteiger charge is -2.25. The molecule has 1 aliphatic rings. The highest BCUT2D eigenvalue weighted by molar-refractivity contribution is 5.97. The summed E-state index contributed by atoms with van der Waals surface area (Å²) in [7, 11) is 0. The number of carbonyl (C=O) groups is 2. The van der Waals surface area contributed by atoms with E-state index in [2.05, 4.69) is 0 Å². The first kappa shape index (κ1) is 13.5. The minimum Gasteiger partial charge on any atom is -0.370 e. The molecule has 102 valence electrons. The molecule has 1 aliphatic heterocycles. The smallest absolute Gasteiger partial charge is 0.256 e. The molecule has 1 fully saturated rings. The zero-order chi connectivity index (χ0) is 13.7. The molecule has 0 saturated carbocycles. The number of rotatable bonds is 5. The van der Waals surface area contributed by atoms with Crippen LogP contribution in [-0.4, -0.2) is 31.1 Å². The first-order chi connectivity index (χ1) is 9.18.